The van der Waals surface area contributed by atoms with Crippen LogP contribution in [-0.2, 0) is 20.9 Å². The van der Waals surface area contributed by atoms with Gasteiger partial charge < -0.3 is 0 Å². The standard InChI is InChI=1S/C23H32NO2S2/c1-4-5-6-8-11-21(18-19-27(3)22-12-9-7-10-13-22)24-28(25,26)23-16-14-20(2)15-17-23/h4,7,9-10,12-17,21,24H,1,5-6,8,11,18-19H2,2-3H3/q+1/t21-,27?/m1/s1. The number of aryl methyl sites for hydroxylation is 1. The van der Waals surface area contributed by atoms with Gasteiger partial charge in [-0.15, -0.1) is 6.58 Å². The molecule has 28 heavy (non-hydrogen) atoms. The summed E-state index contributed by atoms with van der Waals surface area (Å²) in [4.78, 5) is 1.67. The molecule has 1 unspecified atom stereocenters. The molecule has 2 atom stereocenters. The monoisotopic (exact) mass is 418 g/mol. The summed E-state index contributed by atoms with van der Waals surface area (Å²) in [6.07, 6.45) is 8.86. The van der Waals surface area contributed by atoms with Crippen LogP contribution < -0.4 is 4.72 Å². The van der Waals surface area contributed by atoms with E-state index in [0.29, 0.717) is 4.90 Å². The van der Waals surface area contributed by atoms with Crippen molar-refractivity contribution in [2.24, 2.45) is 0 Å². The van der Waals surface area contributed by atoms with Crippen LogP contribution >= 0.6 is 0 Å². The van der Waals surface area contributed by atoms with Crippen molar-refractivity contribution < 1.29 is 8.42 Å². The maximum absolute atomic E-state index is 12.8. The van der Waals surface area contributed by atoms with Crippen LogP contribution in [-0.4, -0.2) is 26.5 Å². The Balaban J connectivity index is 2.03. The molecule has 2 aromatic carbocycles. The lowest BCUT2D eigenvalue weighted by Gasteiger charge is -2.18. The Morgan fingerprint density at radius 3 is 2.36 bits per heavy atom. The van der Waals surface area contributed by atoms with Crippen molar-refractivity contribution in [3.63, 3.8) is 0 Å². The first-order valence-corrected chi connectivity index (χ1v) is 13.1. The first-order valence-electron chi connectivity index (χ1n) is 9.80. The van der Waals surface area contributed by atoms with Gasteiger partial charge in [0.25, 0.3) is 0 Å². The number of benzene rings is 2. The molecule has 0 aliphatic rings. The summed E-state index contributed by atoms with van der Waals surface area (Å²) in [5, 5.41) is 0. The van der Waals surface area contributed by atoms with E-state index < -0.39 is 10.0 Å². The number of hydrogen-bond donors (Lipinski definition) is 1. The Hall–Kier alpha value is -1.56. The fourth-order valence-corrected chi connectivity index (χ4v) is 5.84. The van der Waals surface area contributed by atoms with Crippen LogP contribution in [0, 0.1) is 6.92 Å². The predicted molar refractivity (Wildman–Crippen MR) is 121 cm³/mol. The van der Waals surface area contributed by atoms with E-state index in [4.69, 9.17) is 0 Å². The second kappa shape index (κ2) is 11.4. The molecule has 0 saturated carbocycles. The number of sulfonamides is 1. The zero-order chi connectivity index (χ0) is 20.4. The quantitative estimate of drug-likeness (QED) is 0.297. The van der Waals surface area contributed by atoms with Crippen LogP contribution in [0.3, 0.4) is 0 Å². The molecular formula is C23H32NO2S2+. The predicted octanol–water partition coefficient (Wildman–Crippen LogP) is 5.09. The van der Waals surface area contributed by atoms with Gasteiger partial charge in [0, 0.05) is 23.4 Å². The normalized spacial score (nSPS) is 13.8. The van der Waals surface area contributed by atoms with Gasteiger partial charge >= 0.3 is 0 Å². The minimum Gasteiger partial charge on any atom is -0.208 e. The molecule has 0 saturated heterocycles. The number of rotatable bonds is 12. The third kappa shape index (κ3) is 7.46. The molecule has 152 valence electrons. The van der Waals surface area contributed by atoms with Gasteiger partial charge in [-0.25, -0.2) is 13.1 Å². The summed E-state index contributed by atoms with van der Waals surface area (Å²) < 4.78 is 28.6. The fraction of sp³-hybridized carbons (Fsp3) is 0.391. The summed E-state index contributed by atoms with van der Waals surface area (Å²) in [6.45, 7) is 5.72. The molecule has 1 N–H and O–H groups in total. The highest BCUT2D eigenvalue weighted by molar-refractivity contribution is 7.96. The van der Waals surface area contributed by atoms with E-state index in [-0.39, 0.29) is 16.9 Å². The molecule has 0 bridgehead atoms. The number of hydrogen-bond acceptors (Lipinski definition) is 2. The van der Waals surface area contributed by atoms with Gasteiger partial charge in [-0.1, -0.05) is 48.4 Å². The van der Waals surface area contributed by atoms with Crippen LogP contribution in [0.15, 0.2) is 77.0 Å². The van der Waals surface area contributed by atoms with Gasteiger partial charge in [0.15, 0.2) is 4.90 Å². The van der Waals surface area contributed by atoms with Gasteiger partial charge in [-0.05, 0) is 50.5 Å². The van der Waals surface area contributed by atoms with Gasteiger partial charge in [-0.2, -0.15) is 0 Å². The van der Waals surface area contributed by atoms with E-state index in [1.54, 1.807) is 12.1 Å². The number of allylic oxidation sites excluding steroid dienone is 1. The van der Waals surface area contributed by atoms with Crippen molar-refractivity contribution in [1.82, 2.24) is 4.72 Å². The summed E-state index contributed by atoms with van der Waals surface area (Å²) in [5.74, 6) is 0.979. The number of unbranched alkanes of at least 4 members (excludes halogenated alkanes) is 2. The van der Waals surface area contributed by atoms with Crippen LogP contribution in [0.5, 0.6) is 0 Å². The van der Waals surface area contributed by atoms with Crippen molar-refractivity contribution >= 4 is 20.9 Å². The molecule has 0 aliphatic heterocycles. The third-order valence-electron chi connectivity index (χ3n) is 4.78. The summed E-state index contributed by atoms with van der Waals surface area (Å²) in [5.41, 5.74) is 1.05. The SMILES string of the molecule is C=CCCCC[C@H](CC[S+](C)c1ccccc1)NS(=O)(=O)c1ccc(C)cc1. The van der Waals surface area contributed by atoms with Crippen LogP contribution in [0.25, 0.3) is 0 Å². The van der Waals surface area contributed by atoms with Crippen molar-refractivity contribution in [3.05, 3.63) is 72.8 Å². The molecule has 0 heterocycles. The lowest BCUT2D eigenvalue weighted by atomic mass is 10.1. The Morgan fingerprint density at radius 2 is 1.71 bits per heavy atom. The Morgan fingerprint density at radius 1 is 1.04 bits per heavy atom. The summed E-state index contributed by atoms with van der Waals surface area (Å²) in [7, 11) is -3.39. The largest absolute Gasteiger partial charge is 0.240 e. The van der Waals surface area contributed by atoms with E-state index >= 15 is 0 Å². The topological polar surface area (TPSA) is 46.2 Å². The Bertz CT molecular complexity index is 817. The van der Waals surface area contributed by atoms with Gasteiger partial charge in [0.2, 0.25) is 10.0 Å². The second-order valence-corrected chi connectivity index (χ2v) is 11.0. The van der Waals surface area contributed by atoms with Crippen molar-refractivity contribution in [2.75, 3.05) is 12.0 Å². The van der Waals surface area contributed by atoms with Crippen LogP contribution in [0.2, 0.25) is 0 Å². The van der Waals surface area contributed by atoms with E-state index in [0.717, 1.165) is 43.4 Å². The van der Waals surface area contributed by atoms with Crippen molar-refractivity contribution in [1.29, 1.82) is 0 Å². The molecule has 0 aromatic heterocycles. The molecule has 2 aromatic rings. The van der Waals surface area contributed by atoms with Gasteiger partial charge in [0.1, 0.15) is 12.0 Å². The highest BCUT2D eigenvalue weighted by Crippen LogP contribution is 2.17. The second-order valence-electron chi connectivity index (χ2n) is 7.15. The smallest absolute Gasteiger partial charge is 0.208 e. The maximum atomic E-state index is 12.8. The van der Waals surface area contributed by atoms with E-state index in [1.165, 1.54) is 4.90 Å². The minimum atomic E-state index is -3.50. The first-order chi connectivity index (χ1) is 13.4. The van der Waals surface area contributed by atoms with Gasteiger partial charge in [-0.3, -0.25) is 0 Å². The molecule has 0 spiro atoms. The minimum absolute atomic E-state index is 0.0465. The Labute approximate surface area is 173 Å². The zero-order valence-corrected chi connectivity index (χ0v) is 18.6. The average molecular weight is 419 g/mol. The number of nitrogens with one attached hydrogen (secondary N) is 1. The van der Waals surface area contributed by atoms with Gasteiger partial charge in [0.05, 0.1) is 4.90 Å². The van der Waals surface area contributed by atoms with E-state index in [2.05, 4.69) is 41.8 Å². The average Bonchev–Trinajstić information content (AvgIpc) is 2.69. The molecule has 0 fully saturated rings. The molecule has 0 aliphatic carbocycles. The lowest BCUT2D eigenvalue weighted by molar-refractivity contribution is 0.499. The molecule has 3 nitrogen and oxygen atoms in total. The van der Waals surface area contributed by atoms with Crippen LogP contribution in [0.1, 0.15) is 37.7 Å². The molecule has 2 rings (SSSR count). The van der Waals surface area contributed by atoms with Crippen molar-refractivity contribution in [3.8, 4) is 0 Å². The fourth-order valence-electron chi connectivity index (χ4n) is 3.04. The Kier molecular flexibility index (Phi) is 9.29. The third-order valence-corrected chi connectivity index (χ3v) is 8.24. The molecule has 0 radical (unpaired) electrons. The van der Waals surface area contributed by atoms with E-state index in [9.17, 15) is 8.42 Å². The zero-order valence-electron chi connectivity index (χ0n) is 16.9. The first kappa shape index (κ1) is 22.7. The highest BCUT2D eigenvalue weighted by Gasteiger charge is 2.23. The molecular weight excluding hydrogens is 386 g/mol. The van der Waals surface area contributed by atoms with Crippen molar-refractivity contribution in [2.45, 2.75) is 54.9 Å². The summed E-state index contributed by atoms with van der Waals surface area (Å²) >= 11 is 0. The summed E-state index contributed by atoms with van der Waals surface area (Å²) in [6, 6.07) is 17.4. The molecule has 0 amide bonds. The molecule has 5 heteroatoms. The van der Waals surface area contributed by atoms with Crippen LogP contribution in [0.4, 0.5) is 0 Å². The lowest BCUT2D eigenvalue weighted by Crippen LogP contribution is -2.36. The highest BCUT2D eigenvalue weighted by atomic mass is 32.2. The maximum Gasteiger partial charge on any atom is 0.240 e. The van der Waals surface area contributed by atoms with E-state index in [1.807, 2.05) is 31.2 Å².